The van der Waals surface area contributed by atoms with Crippen LogP contribution in [0.4, 0.5) is 0 Å². The predicted molar refractivity (Wildman–Crippen MR) is 75.5 cm³/mol. The molecule has 0 N–H and O–H groups in total. The largest absolute Gasteiger partial charge is 0.427 e. The maximum absolute atomic E-state index is 11.1. The molecule has 96 valence electrons. The summed E-state index contributed by atoms with van der Waals surface area (Å²) in [5.74, 6) is 0.370. The van der Waals surface area contributed by atoms with E-state index in [0.717, 1.165) is 16.1 Å². The first-order chi connectivity index (χ1) is 8.20. The van der Waals surface area contributed by atoms with Gasteiger partial charge in [-0.2, -0.15) is 0 Å². The second-order valence-electron chi connectivity index (χ2n) is 3.62. The molecule has 0 unspecified atom stereocenters. The molecule has 0 saturated heterocycles. The van der Waals surface area contributed by atoms with Gasteiger partial charge in [0.25, 0.3) is 0 Å². The van der Waals surface area contributed by atoms with Gasteiger partial charge < -0.3 is 4.74 Å². The highest BCUT2D eigenvalue weighted by atomic mass is 35.5. The summed E-state index contributed by atoms with van der Waals surface area (Å²) >= 11 is 1.61. The number of esters is 1. The van der Waals surface area contributed by atoms with Gasteiger partial charge in [0.2, 0.25) is 0 Å². The quantitative estimate of drug-likeness (QED) is 0.634. The van der Waals surface area contributed by atoms with Gasteiger partial charge in [0.05, 0.1) is 16.1 Å². The summed E-state index contributed by atoms with van der Waals surface area (Å²) < 4.78 is 5.11. The molecule has 0 atom stereocenters. The van der Waals surface area contributed by atoms with Crippen LogP contribution >= 0.6 is 23.7 Å². The summed E-state index contributed by atoms with van der Waals surface area (Å²) in [6.45, 7) is 3.76. The highest BCUT2D eigenvalue weighted by Gasteiger charge is 2.06. The number of ether oxygens (including phenoxy) is 1. The third-order valence-electron chi connectivity index (χ3n) is 2.38. The van der Waals surface area contributed by atoms with Crippen LogP contribution in [0.15, 0.2) is 29.8 Å². The van der Waals surface area contributed by atoms with E-state index in [9.17, 15) is 4.79 Å². The molecule has 18 heavy (non-hydrogen) atoms. The Morgan fingerprint density at radius 1 is 1.33 bits per heavy atom. The highest BCUT2D eigenvalue weighted by molar-refractivity contribution is 7.13. The zero-order chi connectivity index (χ0) is 12.3. The number of benzene rings is 1. The second kappa shape index (κ2) is 6.52. The number of carbonyl (C=O) groups excluding carboxylic acids is 1. The van der Waals surface area contributed by atoms with E-state index >= 15 is 0 Å². The maximum atomic E-state index is 11.1. The molecule has 2 rings (SSSR count). The lowest BCUT2D eigenvalue weighted by molar-refractivity contribution is -0.134. The fourth-order valence-electron chi connectivity index (χ4n) is 1.46. The minimum absolute atomic E-state index is 0. The Bertz CT molecular complexity index is 522. The standard InChI is InChI=1S/C13H13NO2S.ClH/c1-3-12(15)16-11-6-4-10(5-7-11)13-9(2)14-8-17-13;/h4-8H,3H2,1-2H3;1H. The zero-order valence-corrected chi connectivity index (χ0v) is 11.8. The summed E-state index contributed by atoms with van der Waals surface area (Å²) in [7, 11) is 0. The van der Waals surface area contributed by atoms with Crippen molar-refractivity contribution >= 4 is 29.7 Å². The lowest BCUT2D eigenvalue weighted by Crippen LogP contribution is -2.05. The van der Waals surface area contributed by atoms with Crippen molar-refractivity contribution in [3.8, 4) is 16.2 Å². The molecule has 1 heterocycles. The van der Waals surface area contributed by atoms with Crippen LogP contribution < -0.4 is 4.74 Å². The molecule has 0 aliphatic heterocycles. The number of hydrogen-bond acceptors (Lipinski definition) is 4. The minimum atomic E-state index is -0.216. The normalized spacial score (nSPS) is 9.67. The fourth-order valence-corrected chi connectivity index (χ4v) is 2.27. The van der Waals surface area contributed by atoms with Gasteiger partial charge in [-0.1, -0.05) is 6.92 Å². The molecule has 1 aromatic heterocycles. The third-order valence-corrected chi connectivity index (χ3v) is 3.36. The number of hydrogen-bond donors (Lipinski definition) is 0. The monoisotopic (exact) mass is 283 g/mol. The second-order valence-corrected chi connectivity index (χ2v) is 4.47. The summed E-state index contributed by atoms with van der Waals surface area (Å²) in [5, 5.41) is 0. The Labute approximate surface area is 116 Å². The predicted octanol–water partition coefficient (Wildman–Crippen LogP) is 3.86. The Morgan fingerprint density at radius 3 is 2.50 bits per heavy atom. The number of thiazole rings is 1. The Hall–Kier alpha value is -1.39. The van der Waals surface area contributed by atoms with E-state index in [2.05, 4.69) is 4.98 Å². The van der Waals surface area contributed by atoms with Crippen LogP contribution in [0.3, 0.4) is 0 Å². The number of nitrogens with zero attached hydrogens (tertiary/aromatic N) is 1. The van der Waals surface area contributed by atoms with Gasteiger partial charge in [-0.25, -0.2) is 4.98 Å². The topological polar surface area (TPSA) is 39.2 Å². The molecule has 3 nitrogen and oxygen atoms in total. The van der Waals surface area contributed by atoms with Crippen LogP contribution in [0.2, 0.25) is 0 Å². The number of aromatic nitrogens is 1. The van der Waals surface area contributed by atoms with Crippen LogP contribution in [0.5, 0.6) is 5.75 Å². The van der Waals surface area contributed by atoms with Crippen LogP contribution in [-0.4, -0.2) is 11.0 Å². The molecule has 0 amide bonds. The van der Waals surface area contributed by atoms with Gasteiger partial charge in [0.15, 0.2) is 0 Å². The Balaban J connectivity index is 0.00000162. The molecular formula is C13H14ClNO2S. The zero-order valence-electron chi connectivity index (χ0n) is 10.2. The van der Waals surface area contributed by atoms with Crippen molar-refractivity contribution < 1.29 is 9.53 Å². The third kappa shape index (κ3) is 3.31. The highest BCUT2D eigenvalue weighted by Crippen LogP contribution is 2.28. The molecular weight excluding hydrogens is 270 g/mol. The average molecular weight is 284 g/mol. The SMILES string of the molecule is CCC(=O)Oc1ccc(-c2scnc2C)cc1.Cl. The molecule has 1 aromatic carbocycles. The molecule has 5 heteroatoms. The number of aryl methyl sites for hydroxylation is 1. The van der Waals surface area contributed by atoms with Gasteiger partial charge in [-0.3, -0.25) is 4.79 Å². The molecule has 0 aliphatic carbocycles. The first kappa shape index (κ1) is 14.7. The van der Waals surface area contributed by atoms with Crippen LogP contribution in [0, 0.1) is 6.92 Å². The van der Waals surface area contributed by atoms with E-state index < -0.39 is 0 Å². The van der Waals surface area contributed by atoms with E-state index in [4.69, 9.17) is 4.74 Å². The first-order valence-corrected chi connectivity index (χ1v) is 6.30. The summed E-state index contributed by atoms with van der Waals surface area (Å²) in [6, 6.07) is 7.50. The molecule has 0 radical (unpaired) electrons. The van der Waals surface area contributed by atoms with E-state index in [0.29, 0.717) is 12.2 Å². The minimum Gasteiger partial charge on any atom is -0.427 e. The van der Waals surface area contributed by atoms with Crippen molar-refractivity contribution in [3.63, 3.8) is 0 Å². The van der Waals surface area contributed by atoms with Crippen molar-refractivity contribution in [2.75, 3.05) is 0 Å². The van der Waals surface area contributed by atoms with E-state index in [-0.39, 0.29) is 18.4 Å². The number of rotatable bonds is 3. The van der Waals surface area contributed by atoms with Crippen molar-refractivity contribution in [1.82, 2.24) is 4.98 Å². The van der Waals surface area contributed by atoms with Gasteiger partial charge in [-0.15, -0.1) is 23.7 Å². The van der Waals surface area contributed by atoms with Gasteiger partial charge in [0.1, 0.15) is 5.75 Å². The van der Waals surface area contributed by atoms with Crippen molar-refractivity contribution in [3.05, 3.63) is 35.5 Å². The van der Waals surface area contributed by atoms with Gasteiger partial charge in [-0.05, 0) is 36.8 Å². The van der Waals surface area contributed by atoms with Crippen LogP contribution in [-0.2, 0) is 4.79 Å². The molecule has 0 fully saturated rings. The first-order valence-electron chi connectivity index (χ1n) is 5.42. The van der Waals surface area contributed by atoms with E-state index in [1.807, 2.05) is 36.7 Å². The van der Waals surface area contributed by atoms with Crippen LogP contribution in [0.1, 0.15) is 19.0 Å². The van der Waals surface area contributed by atoms with E-state index in [1.165, 1.54) is 0 Å². The molecule has 2 aromatic rings. The van der Waals surface area contributed by atoms with Gasteiger partial charge in [0, 0.05) is 6.42 Å². The average Bonchev–Trinajstić information content (AvgIpc) is 2.76. The smallest absolute Gasteiger partial charge is 0.310 e. The molecule has 0 saturated carbocycles. The summed E-state index contributed by atoms with van der Waals surface area (Å²) in [5.41, 5.74) is 3.95. The van der Waals surface area contributed by atoms with Gasteiger partial charge >= 0.3 is 5.97 Å². The summed E-state index contributed by atoms with van der Waals surface area (Å²) in [6.07, 6.45) is 0.385. The van der Waals surface area contributed by atoms with Crippen molar-refractivity contribution in [2.24, 2.45) is 0 Å². The Morgan fingerprint density at radius 2 is 2.00 bits per heavy atom. The number of halogens is 1. The lowest BCUT2D eigenvalue weighted by atomic mass is 10.1. The molecule has 0 spiro atoms. The Kier molecular flexibility index (Phi) is 5.31. The maximum Gasteiger partial charge on any atom is 0.310 e. The lowest BCUT2D eigenvalue weighted by Gasteiger charge is -2.03. The molecule has 0 bridgehead atoms. The number of carbonyl (C=O) groups is 1. The van der Waals surface area contributed by atoms with Crippen molar-refractivity contribution in [1.29, 1.82) is 0 Å². The van der Waals surface area contributed by atoms with Crippen LogP contribution in [0.25, 0.3) is 10.4 Å². The van der Waals surface area contributed by atoms with E-state index in [1.54, 1.807) is 18.3 Å². The fraction of sp³-hybridized carbons (Fsp3) is 0.231. The van der Waals surface area contributed by atoms with Crippen molar-refractivity contribution in [2.45, 2.75) is 20.3 Å². The molecule has 0 aliphatic rings. The summed E-state index contributed by atoms with van der Waals surface area (Å²) in [4.78, 5) is 16.5.